The zero-order chi connectivity index (χ0) is 11.4. The van der Waals surface area contributed by atoms with Gasteiger partial charge in [0, 0.05) is 38.7 Å². The fraction of sp³-hybridized carbons (Fsp3) is 0.909. The van der Waals surface area contributed by atoms with Crippen molar-refractivity contribution in [2.75, 3.05) is 32.8 Å². The summed E-state index contributed by atoms with van der Waals surface area (Å²) in [7, 11) is 0. The first-order valence-electron chi connectivity index (χ1n) is 5.77. The van der Waals surface area contributed by atoms with E-state index in [1.165, 1.54) is 0 Å². The van der Waals surface area contributed by atoms with Crippen molar-refractivity contribution in [2.24, 2.45) is 5.92 Å². The van der Waals surface area contributed by atoms with Gasteiger partial charge in [0.05, 0.1) is 6.04 Å². The minimum atomic E-state index is -0.0345. The Labute approximate surface area is 91.9 Å². The molecular formula is C11H22N2O2. The van der Waals surface area contributed by atoms with Crippen LogP contribution >= 0.6 is 0 Å². The molecule has 4 nitrogen and oxygen atoms in total. The minimum absolute atomic E-state index is 0.0345. The van der Waals surface area contributed by atoms with Gasteiger partial charge in [0.1, 0.15) is 0 Å². The summed E-state index contributed by atoms with van der Waals surface area (Å²) < 4.78 is 0. The Morgan fingerprint density at radius 3 is 2.40 bits per heavy atom. The van der Waals surface area contributed by atoms with Gasteiger partial charge in [0.25, 0.3) is 0 Å². The summed E-state index contributed by atoms with van der Waals surface area (Å²) in [6, 6.07) is -0.0345. The zero-order valence-electron chi connectivity index (χ0n) is 9.94. The number of rotatable bonds is 5. The number of hydrogen-bond donors (Lipinski definition) is 1. The Morgan fingerprint density at radius 1 is 1.47 bits per heavy atom. The van der Waals surface area contributed by atoms with Crippen LogP contribution in [-0.2, 0) is 4.79 Å². The summed E-state index contributed by atoms with van der Waals surface area (Å²) >= 11 is 0. The molecule has 0 aromatic heterocycles. The highest BCUT2D eigenvalue weighted by molar-refractivity contribution is 5.81. The lowest BCUT2D eigenvalue weighted by Crippen LogP contribution is -2.57. The number of carbonyl (C=O) groups excluding carboxylic acids is 1. The van der Waals surface area contributed by atoms with E-state index in [1.807, 2.05) is 25.7 Å². The number of carbonyl (C=O) groups is 1. The molecule has 1 heterocycles. The molecule has 1 aliphatic rings. The molecule has 15 heavy (non-hydrogen) atoms. The van der Waals surface area contributed by atoms with E-state index < -0.39 is 0 Å². The highest BCUT2D eigenvalue weighted by atomic mass is 16.3. The molecule has 0 radical (unpaired) electrons. The summed E-state index contributed by atoms with van der Waals surface area (Å²) in [4.78, 5) is 15.9. The van der Waals surface area contributed by atoms with Gasteiger partial charge in [-0.15, -0.1) is 0 Å². The van der Waals surface area contributed by atoms with E-state index in [4.69, 9.17) is 5.11 Å². The van der Waals surface area contributed by atoms with Crippen molar-refractivity contribution in [1.82, 2.24) is 9.80 Å². The van der Waals surface area contributed by atoms with Gasteiger partial charge in [-0.3, -0.25) is 9.69 Å². The van der Waals surface area contributed by atoms with Gasteiger partial charge < -0.3 is 10.0 Å². The SMILES string of the molecule is CCN(CC)C(=O)C(C)N1CC(CO)C1. The molecule has 1 N–H and O–H groups in total. The van der Waals surface area contributed by atoms with Crippen molar-refractivity contribution in [1.29, 1.82) is 0 Å². The second kappa shape index (κ2) is 5.47. The smallest absolute Gasteiger partial charge is 0.239 e. The molecule has 0 aliphatic carbocycles. The van der Waals surface area contributed by atoms with Crippen LogP contribution in [-0.4, -0.2) is 59.6 Å². The Hall–Kier alpha value is -0.610. The maximum atomic E-state index is 12.0. The molecule has 1 amide bonds. The number of likely N-dealkylation sites (tertiary alicyclic amines) is 1. The van der Waals surface area contributed by atoms with Crippen LogP contribution in [0.2, 0.25) is 0 Å². The molecule has 0 saturated carbocycles. The van der Waals surface area contributed by atoms with E-state index in [-0.39, 0.29) is 18.6 Å². The lowest BCUT2D eigenvalue weighted by Gasteiger charge is -2.42. The van der Waals surface area contributed by atoms with Gasteiger partial charge in [0.15, 0.2) is 0 Å². The molecule has 88 valence electrons. The van der Waals surface area contributed by atoms with E-state index in [1.54, 1.807) is 0 Å². The average molecular weight is 214 g/mol. The van der Waals surface area contributed by atoms with E-state index in [0.29, 0.717) is 5.92 Å². The molecule has 1 fully saturated rings. The lowest BCUT2D eigenvalue weighted by molar-refractivity contribution is -0.139. The summed E-state index contributed by atoms with van der Waals surface area (Å²) in [5, 5.41) is 8.90. The monoisotopic (exact) mass is 214 g/mol. The van der Waals surface area contributed by atoms with Crippen LogP contribution in [0.5, 0.6) is 0 Å². The lowest BCUT2D eigenvalue weighted by atomic mass is 9.98. The molecule has 0 aromatic rings. The van der Waals surface area contributed by atoms with Crippen LogP contribution in [0.3, 0.4) is 0 Å². The van der Waals surface area contributed by atoms with E-state index in [9.17, 15) is 4.79 Å². The Bertz CT molecular complexity index is 211. The predicted octanol–water partition coefficient (Wildman–Crippen LogP) is 0.167. The molecule has 0 spiro atoms. The third kappa shape index (κ3) is 2.69. The minimum Gasteiger partial charge on any atom is -0.396 e. The van der Waals surface area contributed by atoms with E-state index in [0.717, 1.165) is 26.2 Å². The highest BCUT2D eigenvalue weighted by Crippen LogP contribution is 2.18. The van der Waals surface area contributed by atoms with Crippen molar-refractivity contribution in [3.63, 3.8) is 0 Å². The van der Waals surface area contributed by atoms with Crippen LogP contribution in [0, 0.1) is 5.92 Å². The molecule has 1 rings (SSSR count). The van der Waals surface area contributed by atoms with Crippen LogP contribution in [0.4, 0.5) is 0 Å². The molecule has 1 saturated heterocycles. The van der Waals surface area contributed by atoms with Crippen molar-refractivity contribution in [2.45, 2.75) is 26.8 Å². The van der Waals surface area contributed by atoms with Crippen molar-refractivity contribution >= 4 is 5.91 Å². The largest absolute Gasteiger partial charge is 0.396 e. The Kier molecular flexibility index (Phi) is 4.54. The fourth-order valence-electron chi connectivity index (χ4n) is 2.00. The molecular weight excluding hydrogens is 192 g/mol. The molecule has 0 aromatic carbocycles. The number of aliphatic hydroxyl groups excluding tert-OH is 1. The molecule has 1 atom stereocenters. The highest BCUT2D eigenvalue weighted by Gasteiger charge is 2.34. The number of hydrogen-bond acceptors (Lipinski definition) is 3. The van der Waals surface area contributed by atoms with Gasteiger partial charge >= 0.3 is 0 Å². The maximum absolute atomic E-state index is 12.0. The quantitative estimate of drug-likeness (QED) is 0.709. The second-order valence-corrected chi connectivity index (χ2v) is 4.19. The number of aliphatic hydroxyl groups is 1. The maximum Gasteiger partial charge on any atom is 0.239 e. The van der Waals surface area contributed by atoms with E-state index >= 15 is 0 Å². The van der Waals surface area contributed by atoms with Gasteiger partial charge in [-0.2, -0.15) is 0 Å². The third-order valence-corrected chi connectivity index (χ3v) is 3.22. The van der Waals surface area contributed by atoms with Crippen molar-refractivity contribution in [3.8, 4) is 0 Å². The van der Waals surface area contributed by atoms with Gasteiger partial charge in [-0.05, 0) is 20.8 Å². The average Bonchev–Trinajstić information content (AvgIpc) is 2.17. The predicted molar refractivity (Wildman–Crippen MR) is 59.5 cm³/mol. The third-order valence-electron chi connectivity index (χ3n) is 3.22. The van der Waals surface area contributed by atoms with Crippen LogP contribution in [0.15, 0.2) is 0 Å². The summed E-state index contributed by atoms with van der Waals surface area (Å²) in [6.45, 7) is 9.45. The molecule has 1 unspecified atom stereocenters. The first-order chi connectivity index (χ1) is 7.13. The Balaban J connectivity index is 2.40. The number of likely N-dealkylation sites (N-methyl/N-ethyl adjacent to an activating group) is 1. The second-order valence-electron chi connectivity index (χ2n) is 4.19. The number of amides is 1. The summed E-state index contributed by atoms with van der Waals surface area (Å²) in [5.74, 6) is 0.577. The fourth-order valence-corrected chi connectivity index (χ4v) is 2.00. The zero-order valence-corrected chi connectivity index (χ0v) is 9.94. The topological polar surface area (TPSA) is 43.8 Å². The Morgan fingerprint density at radius 2 is 2.00 bits per heavy atom. The van der Waals surface area contributed by atoms with Crippen LogP contribution in [0.1, 0.15) is 20.8 Å². The summed E-state index contributed by atoms with van der Waals surface area (Å²) in [6.07, 6.45) is 0. The van der Waals surface area contributed by atoms with Gasteiger partial charge in [-0.1, -0.05) is 0 Å². The normalized spacial score (nSPS) is 19.7. The first-order valence-corrected chi connectivity index (χ1v) is 5.77. The van der Waals surface area contributed by atoms with Gasteiger partial charge in [0.2, 0.25) is 5.91 Å². The van der Waals surface area contributed by atoms with Crippen LogP contribution < -0.4 is 0 Å². The van der Waals surface area contributed by atoms with Crippen molar-refractivity contribution in [3.05, 3.63) is 0 Å². The summed E-state index contributed by atoms with van der Waals surface area (Å²) in [5.41, 5.74) is 0. The standard InChI is InChI=1S/C11H22N2O2/c1-4-12(5-2)11(15)9(3)13-6-10(7-13)8-14/h9-10,14H,4-8H2,1-3H3. The van der Waals surface area contributed by atoms with Gasteiger partial charge in [-0.25, -0.2) is 0 Å². The molecule has 0 bridgehead atoms. The first kappa shape index (κ1) is 12.5. The molecule has 1 aliphatic heterocycles. The molecule has 4 heteroatoms. The van der Waals surface area contributed by atoms with E-state index in [2.05, 4.69) is 4.90 Å². The van der Waals surface area contributed by atoms with Crippen LogP contribution in [0.25, 0.3) is 0 Å². The van der Waals surface area contributed by atoms with Crippen molar-refractivity contribution < 1.29 is 9.90 Å². The number of nitrogens with zero attached hydrogens (tertiary/aromatic N) is 2.